The molecule has 0 amide bonds. The molecule has 0 saturated heterocycles. The van der Waals surface area contributed by atoms with E-state index in [0.717, 1.165) is 45.7 Å². The molecule has 0 aliphatic heterocycles. The minimum atomic E-state index is 0.144. The number of nitrogens with zero attached hydrogens (tertiary/aromatic N) is 5. The van der Waals surface area contributed by atoms with Crippen LogP contribution in [-0.2, 0) is 17.6 Å². The third-order valence-electron chi connectivity index (χ3n) is 4.51. The van der Waals surface area contributed by atoms with Crippen molar-refractivity contribution >= 4 is 27.3 Å². The standard InChI is InChI=1S/C21H21N5O2S/c1-2-3-4-5-15(27)11-19-25-26-20(28-19)12-21-24-16-7-6-14(10-18(16)29-21)17-13-22-8-9-23-17/h6-10,13H,2-5,11-12H2,1H3. The molecular formula is C21H21N5O2S. The predicted molar refractivity (Wildman–Crippen MR) is 111 cm³/mol. The first-order valence-electron chi connectivity index (χ1n) is 9.70. The molecule has 0 N–H and O–H groups in total. The van der Waals surface area contributed by atoms with Crippen molar-refractivity contribution in [3.63, 3.8) is 0 Å². The summed E-state index contributed by atoms with van der Waals surface area (Å²) in [5.74, 6) is 1.01. The summed E-state index contributed by atoms with van der Waals surface area (Å²) in [5.41, 5.74) is 2.75. The fourth-order valence-electron chi connectivity index (χ4n) is 3.05. The molecule has 7 nitrogen and oxygen atoms in total. The van der Waals surface area contributed by atoms with Gasteiger partial charge in [-0.05, 0) is 18.6 Å². The Morgan fingerprint density at radius 3 is 2.86 bits per heavy atom. The van der Waals surface area contributed by atoms with Crippen molar-refractivity contribution in [2.75, 3.05) is 0 Å². The highest BCUT2D eigenvalue weighted by atomic mass is 32.1. The highest BCUT2D eigenvalue weighted by Gasteiger charge is 2.14. The van der Waals surface area contributed by atoms with Gasteiger partial charge in [-0.3, -0.25) is 14.8 Å². The normalized spacial score (nSPS) is 11.2. The van der Waals surface area contributed by atoms with Crippen LogP contribution >= 0.6 is 11.3 Å². The van der Waals surface area contributed by atoms with Crippen LogP contribution in [0.2, 0.25) is 0 Å². The Balaban J connectivity index is 1.43. The maximum atomic E-state index is 12.0. The van der Waals surface area contributed by atoms with E-state index in [-0.39, 0.29) is 12.2 Å². The van der Waals surface area contributed by atoms with E-state index in [4.69, 9.17) is 4.42 Å². The first kappa shape index (κ1) is 19.3. The van der Waals surface area contributed by atoms with Gasteiger partial charge in [0.05, 0.1) is 34.9 Å². The average Bonchev–Trinajstić information content (AvgIpc) is 3.34. The Morgan fingerprint density at radius 2 is 2.03 bits per heavy atom. The second-order valence-electron chi connectivity index (χ2n) is 6.82. The van der Waals surface area contributed by atoms with Gasteiger partial charge in [-0.2, -0.15) is 0 Å². The first-order chi connectivity index (χ1) is 14.2. The lowest BCUT2D eigenvalue weighted by Gasteiger charge is -1.98. The second kappa shape index (κ2) is 9.00. The number of benzene rings is 1. The van der Waals surface area contributed by atoms with E-state index in [1.165, 1.54) is 0 Å². The Hall–Kier alpha value is -3.00. The van der Waals surface area contributed by atoms with Gasteiger partial charge in [0.15, 0.2) is 0 Å². The number of hydrogen-bond donors (Lipinski definition) is 0. The van der Waals surface area contributed by atoms with Crippen molar-refractivity contribution in [1.29, 1.82) is 0 Å². The van der Waals surface area contributed by atoms with Crippen LogP contribution in [0.4, 0.5) is 0 Å². The van der Waals surface area contributed by atoms with Crippen LogP contribution in [0.3, 0.4) is 0 Å². The number of hydrogen-bond acceptors (Lipinski definition) is 8. The number of carbonyl (C=O) groups is 1. The molecule has 0 fully saturated rings. The van der Waals surface area contributed by atoms with Gasteiger partial charge < -0.3 is 4.42 Å². The quantitative estimate of drug-likeness (QED) is 0.379. The Bertz CT molecular complexity index is 1110. The summed E-state index contributed by atoms with van der Waals surface area (Å²) in [5, 5.41) is 8.98. The van der Waals surface area contributed by atoms with Crippen molar-refractivity contribution < 1.29 is 9.21 Å². The van der Waals surface area contributed by atoms with Gasteiger partial charge in [-0.25, -0.2) is 4.98 Å². The third kappa shape index (κ3) is 4.89. The maximum Gasteiger partial charge on any atom is 0.223 e. The van der Waals surface area contributed by atoms with E-state index in [1.54, 1.807) is 29.9 Å². The zero-order valence-corrected chi connectivity index (χ0v) is 17.0. The van der Waals surface area contributed by atoms with Gasteiger partial charge in [0.2, 0.25) is 11.8 Å². The lowest BCUT2D eigenvalue weighted by molar-refractivity contribution is -0.118. The van der Waals surface area contributed by atoms with Crippen molar-refractivity contribution in [3.8, 4) is 11.3 Å². The molecule has 148 valence electrons. The average molecular weight is 407 g/mol. The molecule has 0 unspecified atom stereocenters. The van der Waals surface area contributed by atoms with Crippen LogP contribution < -0.4 is 0 Å². The summed E-state index contributed by atoms with van der Waals surface area (Å²) in [7, 11) is 0. The molecule has 29 heavy (non-hydrogen) atoms. The molecule has 0 atom stereocenters. The molecule has 0 aliphatic carbocycles. The monoisotopic (exact) mass is 407 g/mol. The molecule has 4 rings (SSSR count). The SMILES string of the molecule is CCCCCC(=O)Cc1nnc(Cc2nc3ccc(-c4cnccn4)cc3s2)o1. The van der Waals surface area contributed by atoms with Crippen molar-refractivity contribution in [1.82, 2.24) is 25.1 Å². The van der Waals surface area contributed by atoms with Gasteiger partial charge in [0, 0.05) is 24.4 Å². The number of aromatic nitrogens is 5. The van der Waals surface area contributed by atoms with E-state index >= 15 is 0 Å². The summed E-state index contributed by atoms with van der Waals surface area (Å²) in [4.78, 5) is 25.1. The first-order valence-corrected chi connectivity index (χ1v) is 10.5. The largest absolute Gasteiger partial charge is 0.424 e. The molecule has 1 aromatic carbocycles. The molecule has 3 aromatic heterocycles. The number of fused-ring (bicyclic) bond motifs is 1. The van der Waals surface area contributed by atoms with Crippen LogP contribution in [-0.4, -0.2) is 30.9 Å². The second-order valence-corrected chi connectivity index (χ2v) is 7.93. The summed E-state index contributed by atoms with van der Waals surface area (Å²) in [6.07, 6.45) is 9.39. The smallest absolute Gasteiger partial charge is 0.223 e. The molecule has 0 aliphatic rings. The Morgan fingerprint density at radius 1 is 1.14 bits per heavy atom. The van der Waals surface area contributed by atoms with Gasteiger partial charge >= 0.3 is 0 Å². The van der Waals surface area contributed by atoms with Gasteiger partial charge in [-0.1, -0.05) is 25.8 Å². The maximum absolute atomic E-state index is 12.0. The Kier molecular flexibility index (Phi) is 6.00. The highest BCUT2D eigenvalue weighted by molar-refractivity contribution is 7.18. The molecule has 8 heteroatoms. The molecular weight excluding hydrogens is 386 g/mol. The van der Waals surface area contributed by atoms with Crippen molar-refractivity contribution in [2.24, 2.45) is 0 Å². The van der Waals surface area contributed by atoms with Gasteiger partial charge in [0.1, 0.15) is 10.8 Å². The van der Waals surface area contributed by atoms with Crippen LogP contribution in [0.1, 0.15) is 49.4 Å². The third-order valence-corrected chi connectivity index (χ3v) is 5.53. The number of Topliss-reactive ketones (excluding diaryl/α,β-unsaturated/α-hetero) is 1. The topological polar surface area (TPSA) is 94.7 Å². The van der Waals surface area contributed by atoms with Gasteiger partial charge in [-0.15, -0.1) is 21.5 Å². The number of rotatable bonds is 9. The summed E-state index contributed by atoms with van der Waals surface area (Å²) >= 11 is 1.58. The summed E-state index contributed by atoms with van der Waals surface area (Å²) in [6, 6.07) is 6.03. The zero-order chi connectivity index (χ0) is 20.1. The molecule has 4 aromatic rings. The molecule has 0 spiro atoms. The Labute approximate surface area is 172 Å². The molecule has 0 saturated carbocycles. The van der Waals surface area contributed by atoms with Crippen molar-refractivity contribution in [2.45, 2.75) is 45.4 Å². The number of ketones is 1. The molecule has 0 radical (unpaired) electrons. The fraction of sp³-hybridized carbons (Fsp3) is 0.333. The number of unbranched alkanes of at least 4 members (excludes halogenated alkanes) is 2. The minimum absolute atomic E-state index is 0.144. The van der Waals surface area contributed by atoms with Gasteiger partial charge in [0.25, 0.3) is 0 Å². The molecule has 0 bridgehead atoms. The van der Waals surface area contributed by atoms with E-state index in [0.29, 0.717) is 24.6 Å². The predicted octanol–water partition coefficient (Wildman–Crippen LogP) is 4.42. The number of carbonyl (C=O) groups excluding carboxylic acids is 1. The van der Waals surface area contributed by atoms with Crippen LogP contribution in [0.5, 0.6) is 0 Å². The summed E-state index contributed by atoms with van der Waals surface area (Å²) in [6.45, 7) is 2.12. The van der Waals surface area contributed by atoms with Crippen LogP contribution in [0, 0.1) is 0 Å². The lowest BCUT2D eigenvalue weighted by Crippen LogP contribution is -2.02. The van der Waals surface area contributed by atoms with E-state index < -0.39 is 0 Å². The van der Waals surface area contributed by atoms with Crippen LogP contribution in [0.25, 0.3) is 21.5 Å². The highest BCUT2D eigenvalue weighted by Crippen LogP contribution is 2.28. The number of thiazole rings is 1. The van der Waals surface area contributed by atoms with E-state index in [2.05, 4.69) is 38.1 Å². The fourth-order valence-corrected chi connectivity index (χ4v) is 4.04. The van der Waals surface area contributed by atoms with E-state index in [1.807, 2.05) is 12.1 Å². The summed E-state index contributed by atoms with van der Waals surface area (Å²) < 4.78 is 6.72. The zero-order valence-electron chi connectivity index (χ0n) is 16.2. The van der Waals surface area contributed by atoms with Crippen LogP contribution in [0.15, 0.2) is 41.2 Å². The van der Waals surface area contributed by atoms with E-state index in [9.17, 15) is 4.79 Å². The molecule has 3 heterocycles. The van der Waals surface area contributed by atoms with Crippen molar-refractivity contribution in [3.05, 3.63) is 53.6 Å². The minimum Gasteiger partial charge on any atom is -0.424 e. The lowest BCUT2D eigenvalue weighted by atomic mass is 10.1.